The average Bonchev–Trinajstić information content (AvgIpc) is 3.01. The summed E-state index contributed by atoms with van der Waals surface area (Å²) in [4.78, 5) is 26.7. The molecule has 0 saturated carbocycles. The molecule has 6 nitrogen and oxygen atoms in total. The Bertz CT molecular complexity index is 1260. The lowest BCUT2D eigenvalue weighted by molar-refractivity contribution is -0.136. The summed E-state index contributed by atoms with van der Waals surface area (Å²) in [5, 5.41) is 14.5. The van der Waals surface area contributed by atoms with Crippen LogP contribution in [0, 0.1) is 11.6 Å². The SMILES string of the molecule is O=C(O)Cc1nn(Cc2cc3cc(F)cc(F)c3[nH]2)c(=O)c2ccccc12. The van der Waals surface area contributed by atoms with Crippen LogP contribution in [-0.2, 0) is 17.8 Å². The number of fused-ring (bicyclic) bond motifs is 2. The van der Waals surface area contributed by atoms with Gasteiger partial charge in [-0.05, 0) is 18.2 Å². The fraction of sp³-hybridized carbons (Fsp3) is 0.105. The summed E-state index contributed by atoms with van der Waals surface area (Å²) in [6.07, 6.45) is -0.340. The molecule has 0 aliphatic rings. The molecule has 2 aromatic heterocycles. The third kappa shape index (κ3) is 3.05. The van der Waals surface area contributed by atoms with Crippen LogP contribution in [0.4, 0.5) is 8.78 Å². The third-order valence-corrected chi connectivity index (χ3v) is 4.28. The maximum absolute atomic E-state index is 13.9. The molecule has 0 aliphatic heterocycles. The zero-order valence-electron chi connectivity index (χ0n) is 13.9. The molecular formula is C19H13F2N3O3. The number of nitrogens with zero attached hydrogens (tertiary/aromatic N) is 2. The van der Waals surface area contributed by atoms with Crippen LogP contribution in [-0.4, -0.2) is 25.8 Å². The van der Waals surface area contributed by atoms with Crippen molar-refractivity contribution in [2.45, 2.75) is 13.0 Å². The van der Waals surface area contributed by atoms with Gasteiger partial charge >= 0.3 is 5.97 Å². The summed E-state index contributed by atoms with van der Waals surface area (Å²) < 4.78 is 28.4. The number of aromatic amines is 1. The lowest BCUT2D eigenvalue weighted by Crippen LogP contribution is -2.26. The zero-order valence-corrected chi connectivity index (χ0v) is 13.9. The number of rotatable bonds is 4. The summed E-state index contributed by atoms with van der Waals surface area (Å²) in [6.45, 7) is -0.0357. The molecule has 27 heavy (non-hydrogen) atoms. The molecule has 4 rings (SSSR count). The summed E-state index contributed by atoms with van der Waals surface area (Å²) >= 11 is 0. The molecule has 0 fully saturated rings. The number of nitrogens with one attached hydrogen (secondary N) is 1. The van der Waals surface area contributed by atoms with Gasteiger partial charge in [-0.15, -0.1) is 0 Å². The first-order valence-electron chi connectivity index (χ1n) is 8.09. The molecule has 0 bridgehead atoms. The summed E-state index contributed by atoms with van der Waals surface area (Å²) in [7, 11) is 0. The van der Waals surface area contributed by atoms with Crippen molar-refractivity contribution in [2.24, 2.45) is 0 Å². The Kier molecular flexibility index (Phi) is 3.95. The Morgan fingerprint density at radius 2 is 1.89 bits per heavy atom. The van der Waals surface area contributed by atoms with Gasteiger partial charge in [0.05, 0.1) is 29.6 Å². The van der Waals surface area contributed by atoms with E-state index in [-0.39, 0.29) is 24.2 Å². The Balaban J connectivity index is 1.84. The van der Waals surface area contributed by atoms with Gasteiger partial charge in [0, 0.05) is 22.5 Å². The molecule has 136 valence electrons. The highest BCUT2D eigenvalue weighted by Crippen LogP contribution is 2.21. The maximum atomic E-state index is 13.9. The predicted octanol–water partition coefficient (Wildman–Crippen LogP) is 2.83. The van der Waals surface area contributed by atoms with Crippen LogP contribution in [0.15, 0.2) is 47.3 Å². The van der Waals surface area contributed by atoms with Crippen molar-refractivity contribution in [1.29, 1.82) is 0 Å². The Hall–Kier alpha value is -3.55. The molecule has 4 aromatic rings. The normalized spacial score (nSPS) is 11.3. The highest BCUT2D eigenvalue weighted by molar-refractivity contribution is 5.86. The number of aliphatic carboxylic acids is 1. The van der Waals surface area contributed by atoms with Gasteiger partial charge in [-0.25, -0.2) is 13.5 Å². The molecule has 0 aliphatic carbocycles. The molecule has 0 unspecified atom stereocenters. The fourth-order valence-electron chi connectivity index (χ4n) is 3.16. The van der Waals surface area contributed by atoms with Crippen molar-refractivity contribution < 1.29 is 18.7 Å². The number of halogens is 2. The van der Waals surface area contributed by atoms with Crippen LogP contribution in [0.25, 0.3) is 21.7 Å². The van der Waals surface area contributed by atoms with Crippen molar-refractivity contribution in [3.8, 4) is 0 Å². The molecule has 0 spiro atoms. The van der Waals surface area contributed by atoms with Gasteiger partial charge in [0.1, 0.15) is 11.6 Å². The molecule has 0 atom stereocenters. The van der Waals surface area contributed by atoms with E-state index in [1.807, 2.05) is 0 Å². The standard InChI is InChI=1S/C19H13F2N3O3/c20-11-5-10-6-12(22-18(10)15(21)7-11)9-24-19(27)14-4-2-1-3-13(14)16(23-24)8-17(25)26/h1-7,22H,8-9H2,(H,25,26). The summed E-state index contributed by atoms with van der Waals surface area (Å²) in [5.41, 5.74) is 0.433. The third-order valence-electron chi connectivity index (χ3n) is 4.28. The number of aromatic nitrogens is 3. The van der Waals surface area contributed by atoms with Crippen molar-refractivity contribution in [1.82, 2.24) is 14.8 Å². The van der Waals surface area contributed by atoms with Gasteiger partial charge < -0.3 is 10.1 Å². The molecule has 2 heterocycles. The van der Waals surface area contributed by atoms with Crippen molar-refractivity contribution in [3.63, 3.8) is 0 Å². The molecule has 0 amide bonds. The van der Waals surface area contributed by atoms with E-state index in [1.54, 1.807) is 24.3 Å². The smallest absolute Gasteiger partial charge is 0.309 e. The van der Waals surface area contributed by atoms with E-state index in [2.05, 4.69) is 10.1 Å². The monoisotopic (exact) mass is 369 g/mol. The molecule has 2 aromatic carbocycles. The minimum atomic E-state index is -1.07. The highest BCUT2D eigenvalue weighted by atomic mass is 19.1. The molecule has 2 N–H and O–H groups in total. The first-order valence-corrected chi connectivity index (χ1v) is 8.09. The van der Waals surface area contributed by atoms with E-state index >= 15 is 0 Å². The fourth-order valence-corrected chi connectivity index (χ4v) is 3.16. The molecule has 0 radical (unpaired) electrons. The van der Waals surface area contributed by atoms with Crippen molar-refractivity contribution in [3.05, 3.63) is 75.8 Å². The minimum Gasteiger partial charge on any atom is -0.481 e. The lowest BCUT2D eigenvalue weighted by atomic mass is 10.1. The van der Waals surface area contributed by atoms with Gasteiger partial charge in [0.15, 0.2) is 0 Å². The maximum Gasteiger partial charge on any atom is 0.309 e. The first kappa shape index (κ1) is 16.9. The number of benzene rings is 2. The number of hydrogen-bond acceptors (Lipinski definition) is 3. The van der Waals surface area contributed by atoms with E-state index < -0.39 is 23.2 Å². The zero-order chi connectivity index (χ0) is 19.1. The number of carboxylic acid groups (broad SMARTS) is 1. The van der Waals surface area contributed by atoms with Crippen molar-refractivity contribution in [2.75, 3.05) is 0 Å². The predicted molar refractivity (Wildman–Crippen MR) is 94.7 cm³/mol. The van der Waals surface area contributed by atoms with Crippen LogP contribution in [0.2, 0.25) is 0 Å². The Labute approximate surface area is 150 Å². The molecular weight excluding hydrogens is 356 g/mol. The first-order chi connectivity index (χ1) is 12.9. The van der Waals surface area contributed by atoms with Gasteiger partial charge in [-0.2, -0.15) is 5.10 Å². The quantitative estimate of drug-likeness (QED) is 0.579. The minimum absolute atomic E-state index is 0.0357. The Morgan fingerprint density at radius 3 is 2.63 bits per heavy atom. The largest absolute Gasteiger partial charge is 0.481 e. The topological polar surface area (TPSA) is 88.0 Å². The van der Waals surface area contributed by atoms with Gasteiger partial charge in [0.25, 0.3) is 5.56 Å². The lowest BCUT2D eigenvalue weighted by Gasteiger charge is -2.09. The molecule has 0 saturated heterocycles. The summed E-state index contributed by atoms with van der Waals surface area (Å²) in [6, 6.07) is 10.1. The van der Waals surface area contributed by atoms with E-state index in [4.69, 9.17) is 5.11 Å². The van der Waals surface area contributed by atoms with Gasteiger partial charge in [-0.3, -0.25) is 9.59 Å². The van der Waals surface area contributed by atoms with Crippen LogP contribution in [0.3, 0.4) is 0 Å². The van der Waals surface area contributed by atoms with Crippen LogP contribution >= 0.6 is 0 Å². The van der Waals surface area contributed by atoms with E-state index in [1.165, 1.54) is 12.1 Å². The van der Waals surface area contributed by atoms with Gasteiger partial charge in [0.2, 0.25) is 0 Å². The number of carbonyl (C=O) groups is 1. The number of H-pyrrole nitrogens is 1. The number of carboxylic acids is 1. The summed E-state index contributed by atoms with van der Waals surface area (Å²) in [5.74, 6) is -2.50. The van der Waals surface area contributed by atoms with Crippen LogP contribution in [0.5, 0.6) is 0 Å². The second-order valence-electron chi connectivity index (χ2n) is 6.17. The number of hydrogen-bond donors (Lipinski definition) is 2. The van der Waals surface area contributed by atoms with E-state index in [9.17, 15) is 18.4 Å². The van der Waals surface area contributed by atoms with Gasteiger partial charge in [-0.1, -0.05) is 18.2 Å². The second kappa shape index (κ2) is 6.31. The Morgan fingerprint density at radius 1 is 1.15 bits per heavy atom. The molecule has 8 heteroatoms. The van der Waals surface area contributed by atoms with Crippen LogP contribution in [0.1, 0.15) is 11.4 Å². The van der Waals surface area contributed by atoms with Crippen molar-refractivity contribution >= 4 is 27.6 Å². The average molecular weight is 369 g/mol. The van der Waals surface area contributed by atoms with E-state index in [0.29, 0.717) is 21.9 Å². The second-order valence-corrected chi connectivity index (χ2v) is 6.17. The van der Waals surface area contributed by atoms with E-state index in [0.717, 1.165) is 10.7 Å². The highest BCUT2D eigenvalue weighted by Gasteiger charge is 2.14. The van der Waals surface area contributed by atoms with Crippen LogP contribution < -0.4 is 5.56 Å².